The SMILES string of the molecule is CCC(CSC)N(C)Cc1ccc(CNC(C)(C)C)o1. The van der Waals surface area contributed by atoms with E-state index in [0.717, 1.165) is 24.6 Å². The molecule has 1 aromatic rings. The first kappa shape index (κ1) is 17.6. The van der Waals surface area contributed by atoms with Crippen LogP contribution in [-0.4, -0.2) is 35.5 Å². The van der Waals surface area contributed by atoms with Gasteiger partial charge in [0.15, 0.2) is 0 Å². The van der Waals surface area contributed by atoms with Gasteiger partial charge in [0.05, 0.1) is 13.1 Å². The van der Waals surface area contributed by atoms with Crippen molar-refractivity contribution in [1.82, 2.24) is 10.2 Å². The van der Waals surface area contributed by atoms with Gasteiger partial charge in [-0.25, -0.2) is 0 Å². The van der Waals surface area contributed by atoms with Crippen LogP contribution in [0.4, 0.5) is 0 Å². The third-order valence-corrected chi connectivity index (χ3v) is 4.09. The van der Waals surface area contributed by atoms with Crippen LogP contribution in [0.5, 0.6) is 0 Å². The molecule has 0 saturated heterocycles. The van der Waals surface area contributed by atoms with Gasteiger partial charge in [-0.05, 0) is 52.6 Å². The van der Waals surface area contributed by atoms with Gasteiger partial charge in [0.1, 0.15) is 11.5 Å². The average molecular weight is 298 g/mol. The van der Waals surface area contributed by atoms with Gasteiger partial charge in [0.2, 0.25) is 0 Å². The second-order valence-electron chi connectivity index (χ2n) is 6.40. The van der Waals surface area contributed by atoms with Crippen LogP contribution >= 0.6 is 11.8 Å². The third-order valence-electron chi connectivity index (χ3n) is 3.37. The summed E-state index contributed by atoms with van der Waals surface area (Å²) in [5.74, 6) is 3.24. The lowest BCUT2D eigenvalue weighted by Crippen LogP contribution is -2.34. The first-order chi connectivity index (χ1) is 9.35. The van der Waals surface area contributed by atoms with Crippen molar-refractivity contribution in [2.24, 2.45) is 0 Å². The standard InChI is InChI=1S/C16H30N2OS/c1-7-13(12-20-6)18(5)11-15-9-8-14(19-15)10-17-16(2,3)4/h8-9,13,17H,7,10-12H2,1-6H3. The van der Waals surface area contributed by atoms with Crippen molar-refractivity contribution in [2.45, 2.75) is 58.8 Å². The van der Waals surface area contributed by atoms with E-state index < -0.39 is 0 Å². The Labute approximate surface area is 128 Å². The fourth-order valence-electron chi connectivity index (χ4n) is 2.08. The molecule has 0 saturated carbocycles. The summed E-state index contributed by atoms with van der Waals surface area (Å²) in [4.78, 5) is 2.39. The Hall–Kier alpha value is -0.450. The summed E-state index contributed by atoms with van der Waals surface area (Å²) in [5.41, 5.74) is 0.120. The molecule has 0 aromatic carbocycles. The summed E-state index contributed by atoms with van der Waals surface area (Å²) in [7, 11) is 2.18. The molecule has 0 aliphatic rings. The fraction of sp³-hybridized carbons (Fsp3) is 0.750. The fourth-order valence-corrected chi connectivity index (χ4v) is 2.95. The topological polar surface area (TPSA) is 28.4 Å². The lowest BCUT2D eigenvalue weighted by atomic mass is 10.1. The van der Waals surface area contributed by atoms with Gasteiger partial charge in [-0.1, -0.05) is 6.92 Å². The maximum absolute atomic E-state index is 5.91. The van der Waals surface area contributed by atoms with Crippen LogP contribution < -0.4 is 5.32 Å². The van der Waals surface area contributed by atoms with E-state index in [0.29, 0.717) is 6.04 Å². The summed E-state index contributed by atoms with van der Waals surface area (Å²) in [6.07, 6.45) is 3.34. The first-order valence-electron chi connectivity index (χ1n) is 7.37. The quantitative estimate of drug-likeness (QED) is 0.791. The van der Waals surface area contributed by atoms with Crippen LogP contribution in [-0.2, 0) is 13.1 Å². The van der Waals surface area contributed by atoms with E-state index in [4.69, 9.17) is 4.42 Å². The zero-order valence-corrected chi connectivity index (χ0v) is 14.6. The number of hydrogen-bond donors (Lipinski definition) is 1. The minimum absolute atomic E-state index is 0.120. The van der Waals surface area contributed by atoms with Gasteiger partial charge in [0.25, 0.3) is 0 Å². The van der Waals surface area contributed by atoms with Crippen molar-refractivity contribution in [1.29, 1.82) is 0 Å². The van der Waals surface area contributed by atoms with E-state index >= 15 is 0 Å². The van der Waals surface area contributed by atoms with Gasteiger partial charge in [-0.15, -0.1) is 0 Å². The number of hydrogen-bond acceptors (Lipinski definition) is 4. The normalized spacial score (nSPS) is 13.9. The molecule has 0 spiro atoms. The molecule has 0 fully saturated rings. The molecule has 4 heteroatoms. The lowest BCUT2D eigenvalue weighted by Gasteiger charge is -2.25. The Morgan fingerprint density at radius 3 is 2.50 bits per heavy atom. The second-order valence-corrected chi connectivity index (χ2v) is 7.31. The lowest BCUT2D eigenvalue weighted by molar-refractivity contribution is 0.225. The molecule has 20 heavy (non-hydrogen) atoms. The van der Waals surface area contributed by atoms with Gasteiger partial charge in [0, 0.05) is 17.3 Å². The maximum atomic E-state index is 5.91. The van der Waals surface area contributed by atoms with Crippen LogP contribution in [0.25, 0.3) is 0 Å². The molecule has 1 aromatic heterocycles. The number of nitrogens with one attached hydrogen (secondary N) is 1. The minimum atomic E-state index is 0.120. The molecule has 1 unspecified atom stereocenters. The minimum Gasteiger partial charge on any atom is -0.463 e. The van der Waals surface area contributed by atoms with E-state index in [1.165, 1.54) is 12.2 Å². The summed E-state index contributed by atoms with van der Waals surface area (Å²) in [6, 6.07) is 4.80. The van der Waals surface area contributed by atoms with Gasteiger partial charge in [-0.2, -0.15) is 11.8 Å². The van der Waals surface area contributed by atoms with Gasteiger partial charge in [-0.3, -0.25) is 4.90 Å². The molecule has 0 amide bonds. The number of thioether (sulfide) groups is 1. The Balaban J connectivity index is 2.50. The summed E-state index contributed by atoms with van der Waals surface area (Å²) >= 11 is 1.91. The van der Waals surface area contributed by atoms with Crippen molar-refractivity contribution in [3.05, 3.63) is 23.7 Å². The molecular weight excluding hydrogens is 268 g/mol. The third kappa shape index (κ3) is 6.33. The van der Waals surface area contributed by atoms with Gasteiger partial charge < -0.3 is 9.73 Å². The van der Waals surface area contributed by atoms with Crippen LogP contribution in [0.3, 0.4) is 0 Å². The largest absolute Gasteiger partial charge is 0.463 e. The molecule has 1 rings (SSSR count). The highest BCUT2D eigenvalue weighted by molar-refractivity contribution is 7.98. The predicted octanol–water partition coefficient (Wildman–Crippen LogP) is 3.74. The molecular formula is C16H30N2OS. The maximum Gasteiger partial charge on any atom is 0.118 e. The zero-order valence-electron chi connectivity index (χ0n) is 13.8. The van der Waals surface area contributed by atoms with Crippen LogP contribution in [0.2, 0.25) is 0 Å². The molecule has 3 nitrogen and oxygen atoms in total. The highest BCUT2D eigenvalue weighted by atomic mass is 32.2. The van der Waals surface area contributed by atoms with Crippen molar-refractivity contribution in [2.75, 3.05) is 19.1 Å². The number of furan rings is 1. The Morgan fingerprint density at radius 2 is 1.95 bits per heavy atom. The Bertz CT molecular complexity index is 384. The summed E-state index contributed by atoms with van der Waals surface area (Å²) < 4.78 is 5.91. The van der Waals surface area contributed by atoms with Crippen LogP contribution in [0.15, 0.2) is 16.5 Å². The molecule has 0 radical (unpaired) electrons. The Kier molecular flexibility index (Phi) is 7.13. The first-order valence-corrected chi connectivity index (χ1v) is 8.77. The van der Waals surface area contributed by atoms with Gasteiger partial charge >= 0.3 is 0 Å². The molecule has 0 aliphatic carbocycles. The predicted molar refractivity (Wildman–Crippen MR) is 89.2 cm³/mol. The van der Waals surface area contributed by atoms with E-state index in [1.54, 1.807) is 0 Å². The number of rotatable bonds is 8. The van der Waals surface area contributed by atoms with Crippen molar-refractivity contribution >= 4 is 11.8 Å². The molecule has 0 aliphatic heterocycles. The van der Waals surface area contributed by atoms with Crippen LogP contribution in [0, 0.1) is 0 Å². The molecule has 116 valence electrons. The summed E-state index contributed by atoms with van der Waals surface area (Å²) in [6.45, 7) is 10.4. The highest BCUT2D eigenvalue weighted by Gasteiger charge is 2.15. The molecule has 1 heterocycles. The van der Waals surface area contributed by atoms with Crippen molar-refractivity contribution in [3.8, 4) is 0 Å². The average Bonchev–Trinajstić information content (AvgIpc) is 2.80. The number of nitrogens with zero attached hydrogens (tertiary/aromatic N) is 1. The van der Waals surface area contributed by atoms with Crippen molar-refractivity contribution < 1.29 is 4.42 Å². The monoisotopic (exact) mass is 298 g/mol. The second kappa shape index (κ2) is 8.11. The summed E-state index contributed by atoms with van der Waals surface area (Å²) in [5, 5.41) is 3.45. The highest BCUT2D eigenvalue weighted by Crippen LogP contribution is 2.15. The Morgan fingerprint density at radius 1 is 1.30 bits per heavy atom. The van der Waals surface area contributed by atoms with E-state index in [2.05, 4.69) is 63.3 Å². The van der Waals surface area contributed by atoms with E-state index in [9.17, 15) is 0 Å². The van der Waals surface area contributed by atoms with Crippen molar-refractivity contribution in [3.63, 3.8) is 0 Å². The molecule has 1 atom stereocenters. The van der Waals surface area contributed by atoms with E-state index in [-0.39, 0.29) is 5.54 Å². The smallest absolute Gasteiger partial charge is 0.118 e. The zero-order chi connectivity index (χ0) is 15.2. The molecule has 1 N–H and O–H groups in total. The van der Waals surface area contributed by atoms with E-state index in [1.807, 2.05) is 11.8 Å². The molecule has 0 bridgehead atoms. The van der Waals surface area contributed by atoms with Crippen LogP contribution in [0.1, 0.15) is 45.6 Å².